The molecule has 3 aliphatic heterocycles. The largest absolute Gasteiger partial charge is 0.481 e. The number of allylic oxidation sites excluding steroid dienone is 1. The van der Waals surface area contributed by atoms with Crippen LogP contribution in [0.2, 0.25) is 0 Å². The Morgan fingerprint density at radius 3 is 2.77 bits per heavy atom. The Morgan fingerprint density at radius 2 is 2.12 bits per heavy atom. The molecular weight excluding hydrogens is 326 g/mol. The second-order valence-corrected chi connectivity index (χ2v) is 7.31. The summed E-state index contributed by atoms with van der Waals surface area (Å²) in [7, 11) is 0. The first-order valence-corrected chi connectivity index (χ1v) is 9.46. The standard InChI is InChI=1S/C22H27NO3/c1-2-4-19-15-16(5-3-6-21(24)25)7-8-17(19)9-10-20-22(26)18-11-13-23(20)14-12-18/h2,7-8,15,18,20,22,26H,1,3-6,11-14H2,(H,24,25). The van der Waals surface area contributed by atoms with Crippen LogP contribution in [-0.2, 0) is 17.6 Å². The van der Waals surface area contributed by atoms with E-state index in [-0.39, 0.29) is 18.6 Å². The van der Waals surface area contributed by atoms with Crippen LogP contribution in [0.25, 0.3) is 0 Å². The van der Waals surface area contributed by atoms with Crippen LogP contribution in [0, 0.1) is 17.8 Å². The van der Waals surface area contributed by atoms with E-state index in [1.165, 1.54) is 0 Å². The number of rotatable bonds is 6. The molecule has 0 aliphatic carbocycles. The fraction of sp³-hybridized carbons (Fsp3) is 0.500. The molecule has 4 nitrogen and oxygen atoms in total. The third-order valence-corrected chi connectivity index (χ3v) is 5.52. The quantitative estimate of drug-likeness (QED) is 0.610. The van der Waals surface area contributed by atoms with Crippen LogP contribution in [0.3, 0.4) is 0 Å². The van der Waals surface area contributed by atoms with E-state index in [0.29, 0.717) is 12.3 Å². The highest BCUT2D eigenvalue weighted by molar-refractivity contribution is 5.66. The van der Waals surface area contributed by atoms with Crippen LogP contribution >= 0.6 is 0 Å². The zero-order chi connectivity index (χ0) is 18.5. The number of aliphatic hydroxyl groups is 1. The second-order valence-electron chi connectivity index (χ2n) is 7.31. The van der Waals surface area contributed by atoms with E-state index in [2.05, 4.69) is 29.4 Å². The van der Waals surface area contributed by atoms with Gasteiger partial charge in [0, 0.05) is 12.0 Å². The molecule has 2 atom stereocenters. The summed E-state index contributed by atoms with van der Waals surface area (Å²) in [6.45, 7) is 5.89. The molecule has 0 spiro atoms. The zero-order valence-corrected chi connectivity index (χ0v) is 15.2. The summed E-state index contributed by atoms with van der Waals surface area (Å²) < 4.78 is 0. The molecule has 1 aromatic carbocycles. The lowest BCUT2D eigenvalue weighted by atomic mass is 9.81. The third-order valence-electron chi connectivity index (χ3n) is 5.52. The lowest BCUT2D eigenvalue weighted by Gasteiger charge is -2.46. The van der Waals surface area contributed by atoms with Gasteiger partial charge in [0.05, 0.1) is 12.1 Å². The number of carbonyl (C=O) groups is 1. The van der Waals surface area contributed by atoms with E-state index < -0.39 is 5.97 Å². The van der Waals surface area contributed by atoms with Gasteiger partial charge in [-0.05, 0) is 68.3 Å². The second kappa shape index (κ2) is 8.53. The topological polar surface area (TPSA) is 60.8 Å². The number of carboxylic acid groups (broad SMARTS) is 1. The fourth-order valence-electron chi connectivity index (χ4n) is 4.03. The van der Waals surface area contributed by atoms with Gasteiger partial charge in [-0.3, -0.25) is 9.69 Å². The fourth-order valence-corrected chi connectivity index (χ4v) is 4.03. The molecule has 4 heteroatoms. The number of benzene rings is 1. The van der Waals surface area contributed by atoms with Crippen LogP contribution in [0.1, 0.15) is 42.4 Å². The Balaban J connectivity index is 1.75. The molecule has 2 unspecified atom stereocenters. The van der Waals surface area contributed by atoms with Gasteiger partial charge in [-0.25, -0.2) is 0 Å². The van der Waals surface area contributed by atoms with Crippen molar-refractivity contribution in [1.82, 2.24) is 4.90 Å². The number of aliphatic hydroxyl groups excluding tert-OH is 1. The minimum Gasteiger partial charge on any atom is -0.481 e. The number of hydrogen-bond donors (Lipinski definition) is 2. The maximum Gasteiger partial charge on any atom is 0.303 e. The zero-order valence-electron chi connectivity index (χ0n) is 15.2. The molecule has 2 N–H and O–H groups in total. The van der Waals surface area contributed by atoms with Gasteiger partial charge in [0.25, 0.3) is 0 Å². The average molecular weight is 353 g/mol. The van der Waals surface area contributed by atoms with E-state index in [9.17, 15) is 9.90 Å². The number of piperidine rings is 3. The van der Waals surface area contributed by atoms with Crippen molar-refractivity contribution in [3.63, 3.8) is 0 Å². The molecule has 26 heavy (non-hydrogen) atoms. The maximum atomic E-state index is 10.7. The van der Waals surface area contributed by atoms with E-state index in [1.54, 1.807) is 0 Å². The van der Waals surface area contributed by atoms with E-state index >= 15 is 0 Å². The van der Waals surface area contributed by atoms with Crippen molar-refractivity contribution in [2.45, 2.75) is 50.7 Å². The number of aliphatic carboxylic acids is 1. The van der Waals surface area contributed by atoms with Crippen molar-refractivity contribution in [1.29, 1.82) is 0 Å². The predicted molar refractivity (Wildman–Crippen MR) is 102 cm³/mol. The smallest absolute Gasteiger partial charge is 0.303 e. The van der Waals surface area contributed by atoms with Crippen molar-refractivity contribution < 1.29 is 15.0 Å². The molecule has 0 aromatic heterocycles. The minimum absolute atomic E-state index is 0.0608. The Labute approximate surface area is 155 Å². The molecule has 0 saturated carbocycles. The number of fused-ring (bicyclic) bond motifs is 3. The molecule has 1 aromatic rings. The average Bonchev–Trinajstić information content (AvgIpc) is 2.63. The normalized spacial score (nSPS) is 26.8. The van der Waals surface area contributed by atoms with Crippen molar-refractivity contribution in [3.05, 3.63) is 47.5 Å². The monoisotopic (exact) mass is 353 g/mol. The van der Waals surface area contributed by atoms with Gasteiger partial charge in [-0.15, -0.1) is 6.58 Å². The Hall–Kier alpha value is -2.09. The molecule has 3 aliphatic rings. The Morgan fingerprint density at radius 1 is 1.35 bits per heavy atom. The summed E-state index contributed by atoms with van der Waals surface area (Å²) in [4.78, 5) is 13.0. The van der Waals surface area contributed by atoms with E-state index in [0.717, 1.165) is 55.5 Å². The van der Waals surface area contributed by atoms with Crippen LogP contribution in [0.15, 0.2) is 30.9 Å². The van der Waals surface area contributed by atoms with Gasteiger partial charge >= 0.3 is 5.97 Å². The molecule has 3 saturated heterocycles. The first-order valence-electron chi connectivity index (χ1n) is 9.46. The first-order chi connectivity index (χ1) is 12.6. The lowest BCUT2D eigenvalue weighted by molar-refractivity contribution is -0.137. The summed E-state index contributed by atoms with van der Waals surface area (Å²) in [6, 6.07) is 6.10. The Bertz CT molecular complexity index is 721. The van der Waals surface area contributed by atoms with E-state index in [4.69, 9.17) is 5.11 Å². The number of aryl methyl sites for hydroxylation is 1. The maximum absolute atomic E-state index is 10.7. The third kappa shape index (κ3) is 4.35. The summed E-state index contributed by atoms with van der Waals surface area (Å²) in [5.74, 6) is 6.24. The van der Waals surface area contributed by atoms with Crippen molar-refractivity contribution >= 4 is 5.97 Å². The highest BCUT2D eigenvalue weighted by atomic mass is 16.4. The van der Waals surface area contributed by atoms with Crippen molar-refractivity contribution in [2.24, 2.45) is 5.92 Å². The number of hydrogen-bond acceptors (Lipinski definition) is 3. The van der Waals surface area contributed by atoms with Gasteiger partial charge in [0.2, 0.25) is 0 Å². The van der Waals surface area contributed by atoms with Crippen LogP contribution in [0.4, 0.5) is 0 Å². The molecule has 0 amide bonds. The summed E-state index contributed by atoms with van der Waals surface area (Å²) >= 11 is 0. The van der Waals surface area contributed by atoms with Crippen LogP contribution in [0.5, 0.6) is 0 Å². The van der Waals surface area contributed by atoms with Crippen molar-refractivity contribution in [2.75, 3.05) is 13.1 Å². The van der Waals surface area contributed by atoms with Gasteiger partial charge < -0.3 is 10.2 Å². The van der Waals surface area contributed by atoms with Gasteiger partial charge in [0.15, 0.2) is 0 Å². The Kier molecular flexibility index (Phi) is 6.13. The van der Waals surface area contributed by atoms with Crippen LogP contribution in [-0.4, -0.2) is 46.3 Å². The summed E-state index contributed by atoms with van der Waals surface area (Å²) in [6.07, 6.45) is 5.98. The molecule has 4 rings (SSSR count). The van der Waals surface area contributed by atoms with Crippen LogP contribution < -0.4 is 0 Å². The first kappa shape index (κ1) is 18.7. The van der Waals surface area contributed by atoms with Gasteiger partial charge in [0.1, 0.15) is 0 Å². The SMILES string of the molecule is C=CCc1cc(CCCC(=O)O)ccc1C#CC1C(O)C2CCN1CC2. The number of carboxylic acids is 1. The highest BCUT2D eigenvalue weighted by Gasteiger charge is 2.40. The summed E-state index contributed by atoms with van der Waals surface area (Å²) in [5, 5.41) is 19.3. The molecule has 2 bridgehead atoms. The molecule has 0 radical (unpaired) electrons. The van der Waals surface area contributed by atoms with Gasteiger partial charge in [-0.2, -0.15) is 0 Å². The predicted octanol–water partition coefficient (Wildman–Crippen LogP) is 2.63. The molecule has 3 fully saturated rings. The lowest BCUT2D eigenvalue weighted by Crippen LogP contribution is -2.57. The molecular formula is C22H27NO3. The highest BCUT2D eigenvalue weighted by Crippen LogP contribution is 2.32. The minimum atomic E-state index is -0.755. The van der Waals surface area contributed by atoms with Gasteiger partial charge in [-0.1, -0.05) is 30.0 Å². The van der Waals surface area contributed by atoms with E-state index in [1.807, 2.05) is 18.2 Å². The molecule has 3 heterocycles. The summed E-state index contributed by atoms with van der Waals surface area (Å²) in [5.41, 5.74) is 3.22. The number of nitrogens with zero attached hydrogens (tertiary/aromatic N) is 1. The molecule has 138 valence electrons. The van der Waals surface area contributed by atoms with Crippen molar-refractivity contribution in [3.8, 4) is 11.8 Å².